The fourth-order valence-corrected chi connectivity index (χ4v) is 2.83. The van der Waals surface area contributed by atoms with Crippen LogP contribution in [0.25, 0.3) is 5.65 Å². The van der Waals surface area contributed by atoms with E-state index in [0.717, 1.165) is 6.54 Å². The number of carbonyl (C=O) groups excluding carboxylic acids is 1. The van der Waals surface area contributed by atoms with Crippen molar-refractivity contribution in [3.8, 4) is 5.75 Å². The number of imidazole rings is 1. The van der Waals surface area contributed by atoms with Gasteiger partial charge in [-0.3, -0.25) is 9.20 Å². The molecule has 2 aromatic heterocycles. The van der Waals surface area contributed by atoms with Gasteiger partial charge in [-0.1, -0.05) is 0 Å². The lowest BCUT2D eigenvalue weighted by molar-refractivity contribution is 0.0943. The summed E-state index contributed by atoms with van der Waals surface area (Å²) in [7, 11) is 2.11. The first-order chi connectivity index (χ1) is 11.1. The molecular weight excluding hydrogens is 292 g/mol. The Labute approximate surface area is 136 Å². The van der Waals surface area contributed by atoms with E-state index in [-0.39, 0.29) is 5.91 Å². The van der Waals surface area contributed by atoms with Crippen molar-refractivity contribution in [2.24, 2.45) is 0 Å². The van der Waals surface area contributed by atoms with Crippen LogP contribution in [0.15, 0.2) is 18.3 Å². The first-order valence-electron chi connectivity index (χ1n) is 8.20. The Morgan fingerprint density at radius 2 is 2.30 bits per heavy atom. The SMILES string of the molecule is CCOc1cccn2c(C(=O)NCCN(C)C3CC3)c(C)nc12. The van der Waals surface area contributed by atoms with Crippen molar-refractivity contribution < 1.29 is 9.53 Å². The number of aryl methyl sites for hydroxylation is 1. The Bertz CT molecular complexity index is 706. The molecule has 0 aliphatic heterocycles. The maximum Gasteiger partial charge on any atom is 0.270 e. The monoisotopic (exact) mass is 316 g/mol. The topological polar surface area (TPSA) is 58.9 Å². The summed E-state index contributed by atoms with van der Waals surface area (Å²) in [4.78, 5) is 19.3. The van der Waals surface area contributed by atoms with Crippen LogP contribution in [0.4, 0.5) is 0 Å². The van der Waals surface area contributed by atoms with Gasteiger partial charge in [0.1, 0.15) is 5.69 Å². The summed E-state index contributed by atoms with van der Waals surface area (Å²) in [6.45, 7) is 5.87. The third-order valence-corrected chi connectivity index (χ3v) is 4.22. The zero-order valence-electron chi connectivity index (χ0n) is 14.0. The third-order valence-electron chi connectivity index (χ3n) is 4.22. The lowest BCUT2D eigenvalue weighted by Crippen LogP contribution is -2.34. The van der Waals surface area contributed by atoms with E-state index >= 15 is 0 Å². The van der Waals surface area contributed by atoms with Gasteiger partial charge in [-0.15, -0.1) is 0 Å². The molecule has 6 nitrogen and oxygen atoms in total. The molecule has 0 atom stereocenters. The van der Waals surface area contributed by atoms with Crippen LogP contribution in [0.1, 0.15) is 35.9 Å². The molecule has 23 heavy (non-hydrogen) atoms. The summed E-state index contributed by atoms with van der Waals surface area (Å²) < 4.78 is 7.40. The minimum atomic E-state index is -0.0900. The van der Waals surface area contributed by atoms with E-state index in [1.165, 1.54) is 12.8 Å². The van der Waals surface area contributed by atoms with Crippen molar-refractivity contribution in [1.29, 1.82) is 0 Å². The van der Waals surface area contributed by atoms with Gasteiger partial charge in [-0.2, -0.15) is 0 Å². The molecule has 1 amide bonds. The maximum atomic E-state index is 12.5. The molecule has 0 bridgehead atoms. The summed E-state index contributed by atoms with van der Waals surface area (Å²) in [6, 6.07) is 4.45. The lowest BCUT2D eigenvalue weighted by atomic mass is 10.3. The fraction of sp³-hybridized carbons (Fsp3) is 0.529. The summed E-state index contributed by atoms with van der Waals surface area (Å²) >= 11 is 0. The van der Waals surface area contributed by atoms with Crippen LogP contribution in [-0.4, -0.2) is 53.0 Å². The molecule has 0 spiro atoms. The number of fused-ring (bicyclic) bond motifs is 1. The molecule has 2 aromatic rings. The molecule has 1 saturated carbocycles. The molecule has 1 aliphatic rings. The van der Waals surface area contributed by atoms with E-state index in [0.29, 0.717) is 42.0 Å². The van der Waals surface area contributed by atoms with Crippen molar-refractivity contribution in [1.82, 2.24) is 19.6 Å². The van der Waals surface area contributed by atoms with Gasteiger partial charge in [0.15, 0.2) is 11.4 Å². The molecule has 0 radical (unpaired) electrons. The number of hydrogen-bond acceptors (Lipinski definition) is 4. The van der Waals surface area contributed by atoms with Gasteiger partial charge in [0, 0.05) is 25.3 Å². The Balaban J connectivity index is 1.74. The first kappa shape index (κ1) is 15.8. The van der Waals surface area contributed by atoms with Crippen LogP contribution >= 0.6 is 0 Å². The van der Waals surface area contributed by atoms with E-state index in [2.05, 4.69) is 22.2 Å². The number of carbonyl (C=O) groups is 1. The van der Waals surface area contributed by atoms with Crippen LogP contribution in [0.5, 0.6) is 5.75 Å². The van der Waals surface area contributed by atoms with Gasteiger partial charge < -0.3 is 15.0 Å². The second kappa shape index (κ2) is 6.58. The lowest BCUT2D eigenvalue weighted by Gasteiger charge is -2.15. The highest BCUT2D eigenvalue weighted by atomic mass is 16.5. The number of ether oxygens (including phenoxy) is 1. The number of hydrogen-bond donors (Lipinski definition) is 1. The number of rotatable bonds is 7. The second-order valence-corrected chi connectivity index (χ2v) is 6.01. The minimum absolute atomic E-state index is 0.0900. The van der Waals surface area contributed by atoms with Crippen molar-refractivity contribution in [3.63, 3.8) is 0 Å². The Hall–Kier alpha value is -2.08. The predicted molar refractivity (Wildman–Crippen MR) is 89.1 cm³/mol. The van der Waals surface area contributed by atoms with E-state index < -0.39 is 0 Å². The normalized spacial score (nSPS) is 14.4. The van der Waals surface area contributed by atoms with Crippen LogP contribution in [-0.2, 0) is 0 Å². The van der Waals surface area contributed by atoms with Crippen molar-refractivity contribution >= 4 is 11.6 Å². The summed E-state index contributed by atoms with van der Waals surface area (Å²) in [5, 5.41) is 3.00. The predicted octanol–water partition coefficient (Wildman–Crippen LogP) is 1.87. The first-order valence-corrected chi connectivity index (χ1v) is 8.20. The molecular formula is C17H24N4O2. The van der Waals surface area contributed by atoms with Crippen LogP contribution in [0, 0.1) is 6.92 Å². The van der Waals surface area contributed by atoms with E-state index in [1.807, 2.05) is 32.2 Å². The van der Waals surface area contributed by atoms with E-state index in [1.54, 1.807) is 4.40 Å². The number of nitrogens with zero attached hydrogens (tertiary/aromatic N) is 3. The van der Waals surface area contributed by atoms with Gasteiger partial charge in [0.2, 0.25) is 0 Å². The van der Waals surface area contributed by atoms with Gasteiger partial charge in [-0.25, -0.2) is 4.98 Å². The zero-order valence-corrected chi connectivity index (χ0v) is 14.0. The molecule has 6 heteroatoms. The Morgan fingerprint density at radius 3 is 3.00 bits per heavy atom. The molecule has 0 unspecified atom stereocenters. The highest BCUT2D eigenvalue weighted by Crippen LogP contribution is 2.25. The van der Waals surface area contributed by atoms with E-state index in [4.69, 9.17) is 4.74 Å². The quantitative estimate of drug-likeness (QED) is 0.847. The Morgan fingerprint density at radius 1 is 1.52 bits per heavy atom. The molecule has 0 saturated heterocycles. The van der Waals surface area contributed by atoms with Gasteiger partial charge in [0.05, 0.1) is 12.3 Å². The minimum Gasteiger partial charge on any atom is -0.490 e. The van der Waals surface area contributed by atoms with Crippen LogP contribution in [0.2, 0.25) is 0 Å². The number of aromatic nitrogens is 2. The molecule has 1 aliphatic carbocycles. The van der Waals surface area contributed by atoms with E-state index in [9.17, 15) is 4.79 Å². The highest BCUT2D eigenvalue weighted by Gasteiger charge is 2.25. The molecule has 0 aromatic carbocycles. The molecule has 3 rings (SSSR count). The van der Waals surface area contributed by atoms with Crippen molar-refractivity contribution in [2.75, 3.05) is 26.7 Å². The summed E-state index contributed by atoms with van der Waals surface area (Å²) in [5.41, 5.74) is 1.98. The van der Waals surface area contributed by atoms with Crippen LogP contribution < -0.4 is 10.1 Å². The largest absolute Gasteiger partial charge is 0.490 e. The van der Waals surface area contributed by atoms with Gasteiger partial charge >= 0.3 is 0 Å². The van der Waals surface area contributed by atoms with Crippen LogP contribution in [0.3, 0.4) is 0 Å². The smallest absolute Gasteiger partial charge is 0.270 e. The summed E-state index contributed by atoms with van der Waals surface area (Å²) in [5.74, 6) is 0.610. The fourth-order valence-electron chi connectivity index (χ4n) is 2.83. The van der Waals surface area contributed by atoms with Gasteiger partial charge in [0.25, 0.3) is 5.91 Å². The van der Waals surface area contributed by atoms with Crippen molar-refractivity contribution in [2.45, 2.75) is 32.7 Å². The molecule has 1 fully saturated rings. The molecule has 1 N–H and O–H groups in total. The second-order valence-electron chi connectivity index (χ2n) is 6.01. The van der Waals surface area contributed by atoms with Gasteiger partial charge in [-0.05, 0) is 45.9 Å². The Kier molecular flexibility index (Phi) is 4.52. The number of pyridine rings is 1. The third kappa shape index (κ3) is 3.32. The maximum absolute atomic E-state index is 12.5. The van der Waals surface area contributed by atoms with Crippen molar-refractivity contribution in [3.05, 3.63) is 29.7 Å². The average Bonchev–Trinajstić information content (AvgIpc) is 3.30. The highest BCUT2D eigenvalue weighted by molar-refractivity contribution is 5.94. The molecule has 124 valence electrons. The zero-order chi connectivity index (χ0) is 16.4. The number of nitrogens with one attached hydrogen (secondary N) is 1. The summed E-state index contributed by atoms with van der Waals surface area (Å²) in [6.07, 6.45) is 4.40. The average molecular weight is 316 g/mol. The standard InChI is InChI=1S/C17H24N4O2/c1-4-23-14-6-5-10-21-15(12(2)19-16(14)21)17(22)18-9-11-20(3)13-7-8-13/h5-6,10,13H,4,7-9,11H2,1-3H3,(H,18,22). The molecule has 2 heterocycles. The number of likely N-dealkylation sites (N-methyl/N-ethyl adjacent to an activating group) is 1. The number of amides is 1.